The minimum absolute atomic E-state index is 0.112. The molecular formula is C18H15F2NO2. The van der Waals surface area contributed by atoms with Crippen LogP contribution < -0.4 is 0 Å². The molecule has 2 aromatic carbocycles. The Morgan fingerprint density at radius 1 is 1.13 bits per heavy atom. The molecule has 0 aliphatic rings. The summed E-state index contributed by atoms with van der Waals surface area (Å²) >= 11 is 0. The SMILES string of the molecule is CCOC(=O)C(F)(F)c1nc2ccccc2c2ccc(C)cc12. The van der Waals surface area contributed by atoms with Gasteiger partial charge in [-0.1, -0.05) is 35.9 Å². The molecule has 3 aromatic rings. The summed E-state index contributed by atoms with van der Waals surface area (Å²) in [5.41, 5.74) is 0.673. The van der Waals surface area contributed by atoms with Crippen LogP contribution in [-0.4, -0.2) is 17.6 Å². The van der Waals surface area contributed by atoms with E-state index >= 15 is 0 Å². The molecule has 0 bridgehead atoms. The predicted octanol–water partition coefficient (Wildman–Crippen LogP) is 4.35. The summed E-state index contributed by atoms with van der Waals surface area (Å²) in [6.07, 6.45) is 0. The predicted molar refractivity (Wildman–Crippen MR) is 84.5 cm³/mol. The lowest BCUT2D eigenvalue weighted by atomic mass is 9.99. The van der Waals surface area contributed by atoms with Crippen LogP contribution >= 0.6 is 0 Å². The largest absolute Gasteiger partial charge is 0.461 e. The maximum Gasteiger partial charge on any atom is 0.385 e. The van der Waals surface area contributed by atoms with Crippen molar-refractivity contribution in [3.05, 3.63) is 53.7 Å². The molecule has 0 amide bonds. The van der Waals surface area contributed by atoms with Crippen molar-refractivity contribution in [2.24, 2.45) is 0 Å². The number of halogens is 2. The van der Waals surface area contributed by atoms with Crippen molar-refractivity contribution in [3.8, 4) is 0 Å². The standard InChI is InChI=1S/C18H15F2NO2/c1-3-23-17(22)18(19,20)16-14-10-11(2)8-9-12(14)13-6-4-5-7-15(13)21-16/h4-10H,3H2,1-2H3. The second-order valence-corrected chi connectivity index (χ2v) is 5.32. The second-order valence-electron chi connectivity index (χ2n) is 5.32. The van der Waals surface area contributed by atoms with Gasteiger partial charge in [0.1, 0.15) is 5.69 Å². The molecule has 23 heavy (non-hydrogen) atoms. The fraction of sp³-hybridized carbons (Fsp3) is 0.222. The third kappa shape index (κ3) is 2.52. The van der Waals surface area contributed by atoms with E-state index in [1.807, 2.05) is 18.2 Å². The molecule has 0 radical (unpaired) electrons. The van der Waals surface area contributed by atoms with Crippen molar-refractivity contribution in [2.75, 3.05) is 6.61 Å². The van der Waals surface area contributed by atoms with Crippen LogP contribution in [0, 0.1) is 6.92 Å². The highest BCUT2D eigenvalue weighted by molar-refractivity contribution is 6.08. The Bertz CT molecular complexity index is 906. The number of alkyl halides is 2. The number of hydrogen-bond donors (Lipinski definition) is 0. The van der Waals surface area contributed by atoms with Crippen LogP contribution in [-0.2, 0) is 15.5 Å². The van der Waals surface area contributed by atoms with Gasteiger partial charge in [-0.2, -0.15) is 8.78 Å². The molecule has 0 aliphatic heterocycles. The average molecular weight is 315 g/mol. The maximum absolute atomic E-state index is 14.6. The summed E-state index contributed by atoms with van der Waals surface area (Å²) in [6.45, 7) is 3.18. The van der Waals surface area contributed by atoms with Crippen LogP contribution in [0.3, 0.4) is 0 Å². The zero-order valence-corrected chi connectivity index (χ0v) is 12.8. The number of carbonyl (C=O) groups excluding carboxylic acids is 1. The number of carbonyl (C=O) groups is 1. The van der Waals surface area contributed by atoms with E-state index in [9.17, 15) is 13.6 Å². The molecule has 5 heteroatoms. The fourth-order valence-corrected chi connectivity index (χ4v) is 2.63. The average Bonchev–Trinajstić information content (AvgIpc) is 2.54. The van der Waals surface area contributed by atoms with Crippen molar-refractivity contribution in [1.82, 2.24) is 4.98 Å². The number of fused-ring (bicyclic) bond motifs is 3. The number of hydrogen-bond acceptors (Lipinski definition) is 3. The lowest BCUT2D eigenvalue weighted by Gasteiger charge is -2.17. The molecule has 0 N–H and O–H groups in total. The lowest BCUT2D eigenvalue weighted by Crippen LogP contribution is -2.29. The third-order valence-corrected chi connectivity index (χ3v) is 3.69. The summed E-state index contributed by atoms with van der Waals surface area (Å²) in [5, 5.41) is 1.67. The Balaban J connectivity index is 2.38. The van der Waals surface area contributed by atoms with Crippen LogP contribution in [0.25, 0.3) is 21.7 Å². The number of benzene rings is 2. The minimum Gasteiger partial charge on any atom is -0.461 e. The van der Waals surface area contributed by atoms with Gasteiger partial charge in [0.15, 0.2) is 0 Å². The van der Waals surface area contributed by atoms with Crippen LogP contribution in [0.5, 0.6) is 0 Å². The van der Waals surface area contributed by atoms with E-state index in [4.69, 9.17) is 0 Å². The third-order valence-electron chi connectivity index (χ3n) is 3.69. The number of ether oxygens (including phenoxy) is 1. The molecule has 0 aliphatic carbocycles. The quantitative estimate of drug-likeness (QED) is 0.533. The first-order valence-electron chi connectivity index (χ1n) is 7.29. The van der Waals surface area contributed by atoms with Gasteiger partial charge in [0.05, 0.1) is 12.1 Å². The van der Waals surface area contributed by atoms with E-state index in [-0.39, 0.29) is 12.0 Å². The Kier molecular flexibility index (Phi) is 3.72. The van der Waals surface area contributed by atoms with Gasteiger partial charge in [-0.25, -0.2) is 9.78 Å². The van der Waals surface area contributed by atoms with Gasteiger partial charge in [0.25, 0.3) is 0 Å². The molecule has 0 saturated heterocycles. The number of pyridine rings is 1. The number of rotatable bonds is 3. The van der Waals surface area contributed by atoms with Crippen LogP contribution in [0.4, 0.5) is 8.78 Å². The van der Waals surface area contributed by atoms with Gasteiger partial charge < -0.3 is 4.74 Å². The summed E-state index contributed by atoms with van der Waals surface area (Å²) in [5.74, 6) is -5.38. The summed E-state index contributed by atoms with van der Waals surface area (Å²) in [7, 11) is 0. The van der Waals surface area contributed by atoms with E-state index < -0.39 is 17.6 Å². The highest BCUT2D eigenvalue weighted by Gasteiger charge is 2.45. The normalized spacial score (nSPS) is 11.8. The zero-order valence-electron chi connectivity index (χ0n) is 12.8. The van der Waals surface area contributed by atoms with Gasteiger partial charge in [-0.05, 0) is 31.4 Å². The molecule has 0 saturated carbocycles. The van der Waals surface area contributed by atoms with E-state index in [2.05, 4.69) is 9.72 Å². The van der Waals surface area contributed by atoms with Gasteiger partial charge in [-0.15, -0.1) is 0 Å². The zero-order chi connectivity index (χ0) is 16.6. The minimum atomic E-state index is -3.80. The van der Waals surface area contributed by atoms with E-state index in [0.717, 1.165) is 10.9 Å². The smallest absolute Gasteiger partial charge is 0.385 e. The molecule has 0 spiro atoms. The molecule has 0 unspecified atom stereocenters. The fourth-order valence-electron chi connectivity index (χ4n) is 2.63. The highest BCUT2D eigenvalue weighted by Crippen LogP contribution is 2.36. The van der Waals surface area contributed by atoms with Crippen LogP contribution in [0.2, 0.25) is 0 Å². The number of nitrogens with zero attached hydrogens (tertiary/aromatic N) is 1. The van der Waals surface area contributed by atoms with Crippen molar-refractivity contribution >= 4 is 27.6 Å². The molecule has 0 atom stereocenters. The first-order chi connectivity index (χ1) is 10.9. The summed E-state index contributed by atoms with van der Waals surface area (Å²) in [4.78, 5) is 15.8. The Morgan fingerprint density at radius 3 is 2.61 bits per heavy atom. The molecule has 1 aromatic heterocycles. The van der Waals surface area contributed by atoms with Crippen molar-refractivity contribution in [3.63, 3.8) is 0 Å². The van der Waals surface area contributed by atoms with Crippen molar-refractivity contribution < 1.29 is 18.3 Å². The number of aryl methyl sites for hydroxylation is 1. The molecule has 0 fully saturated rings. The first-order valence-corrected chi connectivity index (χ1v) is 7.29. The van der Waals surface area contributed by atoms with Crippen molar-refractivity contribution in [2.45, 2.75) is 19.8 Å². The molecule has 1 heterocycles. The van der Waals surface area contributed by atoms with Gasteiger partial charge >= 0.3 is 11.9 Å². The Morgan fingerprint density at radius 2 is 1.87 bits per heavy atom. The monoisotopic (exact) mass is 315 g/mol. The molecule has 3 rings (SSSR count). The Labute approximate surface area is 131 Å². The topological polar surface area (TPSA) is 39.2 Å². The molecular weight excluding hydrogens is 300 g/mol. The van der Waals surface area contributed by atoms with Gasteiger partial charge in [0.2, 0.25) is 0 Å². The number of aromatic nitrogens is 1. The number of para-hydroxylation sites is 1. The lowest BCUT2D eigenvalue weighted by molar-refractivity contribution is -0.173. The molecule has 118 valence electrons. The second kappa shape index (κ2) is 5.57. The number of esters is 1. The van der Waals surface area contributed by atoms with Gasteiger partial charge in [0, 0.05) is 10.8 Å². The van der Waals surface area contributed by atoms with E-state index in [1.165, 1.54) is 6.92 Å². The molecule has 3 nitrogen and oxygen atoms in total. The first kappa shape index (κ1) is 15.3. The van der Waals surface area contributed by atoms with E-state index in [1.54, 1.807) is 31.2 Å². The van der Waals surface area contributed by atoms with Crippen molar-refractivity contribution in [1.29, 1.82) is 0 Å². The highest BCUT2D eigenvalue weighted by atomic mass is 19.3. The Hall–Kier alpha value is -2.56. The van der Waals surface area contributed by atoms with Gasteiger partial charge in [-0.3, -0.25) is 0 Å². The van der Waals surface area contributed by atoms with E-state index in [0.29, 0.717) is 10.9 Å². The summed E-state index contributed by atoms with van der Waals surface area (Å²) in [6, 6.07) is 12.3. The van der Waals surface area contributed by atoms with Crippen LogP contribution in [0.1, 0.15) is 18.2 Å². The van der Waals surface area contributed by atoms with Crippen LogP contribution in [0.15, 0.2) is 42.5 Å². The maximum atomic E-state index is 14.6. The summed E-state index contributed by atoms with van der Waals surface area (Å²) < 4.78 is 33.7.